The standard InChI is InChI=1S/C31H32N6O4/c1-5-20(29(38)39)17-36-18-34-25-13-22(8-9-26(25)36)24-14-23(21-6-7-21)15-28(35-24)37(30(40)41-31(2,3)4)27-12-19(16-32)10-11-33-27/h8-15,18,20-21H,5-7,17H2,1-4H3,(H,38,39). The van der Waals surface area contributed by atoms with Gasteiger partial charge in [0, 0.05) is 18.3 Å². The van der Waals surface area contributed by atoms with Gasteiger partial charge < -0.3 is 14.4 Å². The molecule has 1 aliphatic rings. The number of carboxylic acid groups (broad SMARTS) is 1. The van der Waals surface area contributed by atoms with Gasteiger partial charge in [-0.15, -0.1) is 0 Å². The number of nitrogens with zero attached hydrogens (tertiary/aromatic N) is 6. The van der Waals surface area contributed by atoms with Crippen LogP contribution in [0.3, 0.4) is 0 Å². The molecular weight excluding hydrogens is 520 g/mol. The van der Waals surface area contributed by atoms with Gasteiger partial charge in [0.05, 0.1) is 40.6 Å². The molecule has 1 saturated carbocycles. The first kappa shape index (κ1) is 27.8. The van der Waals surface area contributed by atoms with Crippen molar-refractivity contribution >= 4 is 34.7 Å². The molecule has 0 spiro atoms. The van der Waals surface area contributed by atoms with Gasteiger partial charge in [-0.05, 0) is 87.9 Å². The van der Waals surface area contributed by atoms with Crippen LogP contribution in [-0.2, 0) is 16.1 Å². The van der Waals surface area contributed by atoms with Crippen LogP contribution in [0, 0.1) is 17.2 Å². The maximum Gasteiger partial charge on any atom is 0.421 e. The first-order valence-electron chi connectivity index (χ1n) is 13.7. The number of nitriles is 1. The van der Waals surface area contributed by atoms with Crippen molar-refractivity contribution in [3.63, 3.8) is 0 Å². The number of hydrogen-bond acceptors (Lipinski definition) is 7. The molecule has 210 valence electrons. The first-order chi connectivity index (χ1) is 19.6. The summed E-state index contributed by atoms with van der Waals surface area (Å²) in [6.45, 7) is 7.55. The summed E-state index contributed by atoms with van der Waals surface area (Å²) < 4.78 is 7.59. The Morgan fingerprint density at radius 3 is 2.59 bits per heavy atom. The Balaban J connectivity index is 1.59. The Morgan fingerprint density at radius 2 is 1.93 bits per heavy atom. The van der Waals surface area contributed by atoms with E-state index >= 15 is 0 Å². The minimum Gasteiger partial charge on any atom is -0.481 e. The van der Waals surface area contributed by atoms with Gasteiger partial charge in [-0.2, -0.15) is 5.26 Å². The van der Waals surface area contributed by atoms with E-state index in [9.17, 15) is 20.0 Å². The monoisotopic (exact) mass is 552 g/mol. The van der Waals surface area contributed by atoms with Gasteiger partial charge in [-0.3, -0.25) is 4.79 Å². The van der Waals surface area contributed by atoms with E-state index in [2.05, 4.69) is 16.0 Å². The second-order valence-electron chi connectivity index (χ2n) is 11.3. The fourth-order valence-corrected chi connectivity index (χ4v) is 4.66. The molecule has 0 aliphatic heterocycles. The number of hydrogen-bond donors (Lipinski definition) is 1. The van der Waals surface area contributed by atoms with E-state index < -0.39 is 23.6 Å². The van der Waals surface area contributed by atoms with Gasteiger partial charge in [0.25, 0.3) is 0 Å². The second-order valence-corrected chi connectivity index (χ2v) is 11.3. The molecule has 1 aromatic carbocycles. The van der Waals surface area contributed by atoms with Crippen molar-refractivity contribution in [1.29, 1.82) is 5.26 Å². The topological polar surface area (TPSA) is 134 Å². The molecule has 1 fully saturated rings. The number of aromatic nitrogens is 4. The number of fused-ring (bicyclic) bond motifs is 1. The molecule has 1 amide bonds. The third kappa shape index (κ3) is 6.19. The fraction of sp³-hybridized carbons (Fsp3) is 0.355. The summed E-state index contributed by atoms with van der Waals surface area (Å²) in [5.74, 6) is -0.385. The SMILES string of the molecule is CCC(Cn1cnc2cc(-c3cc(C4CC4)cc(N(C(=O)OC(C)(C)C)c4cc(C#N)ccn4)n3)ccc21)C(=O)O. The molecule has 1 N–H and O–H groups in total. The molecule has 41 heavy (non-hydrogen) atoms. The second kappa shape index (κ2) is 11.0. The van der Waals surface area contributed by atoms with Crippen LogP contribution < -0.4 is 4.90 Å². The number of benzene rings is 1. The Labute approximate surface area is 238 Å². The minimum absolute atomic E-state index is 0.239. The molecule has 1 atom stereocenters. The number of carbonyl (C=O) groups is 2. The number of carboxylic acids is 1. The molecule has 1 unspecified atom stereocenters. The highest BCUT2D eigenvalue weighted by Gasteiger charge is 2.31. The van der Waals surface area contributed by atoms with Crippen LogP contribution >= 0.6 is 0 Å². The third-order valence-corrected chi connectivity index (χ3v) is 6.97. The van der Waals surface area contributed by atoms with Crippen LogP contribution in [0.2, 0.25) is 0 Å². The summed E-state index contributed by atoms with van der Waals surface area (Å²) in [4.78, 5) is 40.2. The first-order valence-corrected chi connectivity index (χ1v) is 13.7. The molecule has 0 radical (unpaired) electrons. The zero-order valence-corrected chi connectivity index (χ0v) is 23.5. The highest BCUT2D eigenvalue weighted by molar-refractivity contribution is 5.95. The van der Waals surface area contributed by atoms with Crippen molar-refractivity contribution in [3.05, 3.63) is 66.1 Å². The van der Waals surface area contributed by atoms with Gasteiger partial charge in [-0.1, -0.05) is 13.0 Å². The minimum atomic E-state index is -0.830. The maximum atomic E-state index is 13.5. The Hall–Kier alpha value is -4.78. The van der Waals surface area contributed by atoms with Gasteiger partial charge in [0.15, 0.2) is 0 Å². The van der Waals surface area contributed by atoms with E-state index in [1.54, 1.807) is 33.2 Å². The largest absolute Gasteiger partial charge is 0.481 e. The summed E-state index contributed by atoms with van der Waals surface area (Å²) in [7, 11) is 0. The molecule has 5 rings (SSSR count). The predicted octanol–water partition coefficient (Wildman–Crippen LogP) is 6.43. The predicted molar refractivity (Wildman–Crippen MR) is 154 cm³/mol. The lowest BCUT2D eigenvalue weighted by Crippen LogP contribution is -2.35. The lowest BCUT2D eigenvalue weighted by molar-refractivity contribution is -0.142. The molecule has 3 aromatic heterocycles. The summed E-state index contributed by atoms with van der Waals surface area (Å²) in [6, 6.07) is 14.9. The van der Waals surface area contributed by atoms with Gasteiger partial charge in [0.2, 0.25) is 0 Å². The van der Waals surface area contributed by atoms with Crippen LogP contribution in [-0.4, -0.2) is 42.3 Å². The number of rotatable bonds is 8. The number of pyridine rings is 2. The van der Waals surface area contributed by atoms with Crippen molar-refractivity contribution in [2.24, 2.45) is 5.92 Å². The average molecular weight is 553 g/mol. The number of carbonyl (C=O) groups excluding carboxylic acids is 1. The van der Waals surface area contributed by atoms with E-state index in [0.29, 0.717) is 36.0 Å². The lowest BCUT2D eigenvalue weighted by atomic mass is 10.0. The fourth-order valence-electron chi connectivity index (χ4n) is 4.66. The van der Waals surface area contributed by atoms with Crippen molar-refractivity contribution in [3.8, 4) is 17.3 Å². The summed E-state index contributed by atoms with van der Waals surface area (Å²) in [6.07, 6.45) is 5.11. The maximum absolute atomic E-state index is 13.5. The third-order valence-electron chi connectivity index (χ3n) is 6.97. The summed E-state index contributed by atoms with van der Waals surface area (Å²) >= 11 is 0. The molecular formula is C31H32N6O4. The molecule has 3 heterocycles. The van der Waals surface area contributed by atoms with Crippen LogP contribution in [0.4, 0.5) is 16.4 Å². The molecule has 0 bridgehead atoms. The number of ether oxygens (including phenoxy) is 1. The van der Waals surface area contributed by atoms with E-state index in [4.69, 9.17) is 9.72 Å². The van der Waals surface area contributed by atoms with Crippen LogP contribution in [0.25, 0.3) is 22.3 Å². The Morgan fingerprint density at radius 1 is 1.15 bits per heavy atom. The quantitative estimate of drug-likeness (QED) is 0.264. The highest BCUT2D eigenvalue weighted by Crippen LogP contribution is 2.43. The van der Waals surface area contributed by atoms with Crippen LogP contribution in [0.5, 0.6) is 0 Å². The summed E-state index contributed by atoms with van der Waals surface area (Å²) in [5.41, 5.74) is 3.65. The van der Waals surface area contributed by atoms with Crippen LogP contribution in [0.15, 0.2) is 55.0 Å². The van der Waals surface area contributed by atoms with Crippen molar-refractivity contribution in [2.45, 2.75) is 65.0 Å². The molecule has 10 heteroatoms. The van der Waals surface area contributed by atoms with E-state index in [0.717, 1.165) is 35.0 Å². The van der Waals surface area contributed by atoms with E-state index in [-0.39, 0.29) is 5.82 Å². The van der Waals surface area contributed by atoms with E-state index in [1.807, 2.05) is 41.8 Å². The van der Waals surface area contributed by atoms with Gasteiger partial charge in [-0.25, -0.2) is 24.6 Å². The normalized spacial score (nSPS) is 13.9. The highest BCUT2D eigenvalue weighted by atomic mass is 16.6. The molecule has 1 aliphatic carbocycles. The molecule has 4 aromatic rings. The smallest absolute Gasteiger partial charge is 0.421 e. The summed E-state index contributed by atoms with van der Waals surface area (Å²) in [5, 5.41) is 19.0. The van der Waals surface area contributed by atoms with Crippen molar-refractivity contribution in [1.82, 2.24) is 19.5 Å². The van der Waals surface area contributed by atoms with Crippen molar-refractivity contribution < 1.29 is 19.4 Å². The zero-order chi connectivity index (χ0) is 29.3. The Bertz CT molecular complexity index is 1660. The van der Waals surface area contributed by atoms with Crippen molar-refractivity contribution in [2.75, 3.05) is 4.90 Å². The van der Waals surface area contributed by atoms with Gasteiger partial charge >= 0.3 is 12.1 Å². The number of imidazole rings is 1. The molecule has 10 nitrogen and oxygen atoms in total. The average Bonchev–Trinajstić information content (AvgIpc) is 3.71. The zero-order valence-electron chi connectivity index (χ0n) is 23.5. The van der Waals surface area contributed by atoms with Gasteiger partial charge in [0.1, 0.15) is 17.2 Å². The number of aliphatic carboxylic acids is 1. The van der Waals surface area contributed by atoms with Crippen LogP contribution in [0.1, 0.15) is 64.0 Å². The lowest BCUT2D eigenvalue weighted by Gasteiger charge is -2.27. The number of amides is 1. The number of anilines is 2. The Kier molecular flexibility index (Phi) is 7.45. The van der Waals surface area contributed by atoms with E-state index in [1.165, 1.54) is 17.2 Å². The molecule has 0 saturated heterocycles.